The van der Waals surface area contributed by atoms with Gasteiger partial charge in [0.2, 0.25) is 5.88 Å². The van der Waals surface area contributed by atoms with Gasteiger partial charge in [-0.3, -0.25) is 0 Å². The van der Waals surface area contributed by atoms with Gasteiger partial charge < -0.3 is 5.11 Å². The van der Waals surface area contributed by atoms with Crippen molar-refractivity contribution in [3.05, 3.63) is 46.0 Å². The number of fused-ring (bicyclic) bond motifs is 1. The average Bonchev–Trinajstić information content (AvgIpc) is 2.68. The van der Waals surface area contributed by atoms with E-state index in [1.54, 1.807) is 12.1 Å². The molecule has 0 radical (unpaired) electrons. The van der Waals surface area contributed by atoms with Crippen molar-refractivity contribution < 1.29 is 5.11 Å². The van der Waals surface area contributed by atoms with Crippen molar-refractivity contribution >= 4 is 33.2 Å². The fraction of sp³-hybridized carbons (Fsp3) is 0. The van der Waals surface area contributed by atoms with E-state index in [1.165, 1.54) is 4.52 Å². The summed E-state index contributed by atoms with van der Waals surface area (Å²) in [6, 6.07) is 10.9. The second kappa shape index (κ2) is 4.26. The normalized spacial score (nSPS) is 11.0. The molecule has 0 amide bonds. The number of aromatic nitrogens is 3. The SMILES string of the molecule is Oc1c(-c2ccc(Br)cc2)nc2ccc(Cl)nn12. The van der Waals surface area contributed by atoms with Gasteiger partial charge in [0.05, 0.1) is 0 Å². The molecule has 2 aromatic heterocycles. The molecule has 3 aromatic rings. The number of hydrogen-bond acceptors (Lipinski definition) is 3. The van der Waals surface area contributed by atoms with Crippen LogP contribution in [-0.2, 0) is 0 Å². The monoisotopic (exact) mass is 323 g/mol. The maximum atomic E-state index is 10.1. The zero-order valence-corrected chi connectivity index (χ0v) is 11.4. The Labute approximate surface area is 116 Å². The summed E-state index contributed by atoms with van der Waals surface area (Å²) in [5, 5.41) is 14.4. The van der Waals surface area contributed by atoms with E-state index in [0.717, 1.165) is 10.0 Å². The lowest BCUT2D eigenvalue weighted by Gasteiger charge is -1.98. The van der Waals surface area contributed by atoms with Crippen LogP contribution in [-0.4, -0.2) is 19.7 Å². The fourth-order valence-corrected chi connectivity index (χ4v) is 2.10. The number of imidazole rings is 1. The lowest BCUT2D eigenvalue weighted by Crippen LogP contribution is -1.90. The second-order valence-corrected chi connectivity index (χ2v) is 5.02. The van der Waals surface area contributed by atoms with Crippen LogP contribution in [0.25, 0.3) is 16.9 Å². The predicted octanol–water partition coefficient (Wildman–Crippen LogP) is 3.52. The van der Waals surface area contributed by atoms with E-state index in [1.807, 2.05) is 24.3 Å². The Morgan fingerprint density at radius 1 is 1.11 bits per heavy atom. The molecule has 0 atom stereocenters. The van der Waals surface area contributed by atoms with E-state index in [0.29, 0.717) is 16.5 Å². The highest BCUT2D eigenvalue weighted by Crippen LogP contribution is 2.30. The van der Waals surface area contributed by atoms with Gasteiger partial charge in [-0.25, -0.2) is 4.98 Å². The van der Waals surface area contributed by atoms with Crippen molar-refractivity contribution in [2.45, 2.75) is 0 Å². The highest BCUT2D eigenvalue weighted by Gasteiger charge is 2.14. The highest BCUT2D eigenvalue weighted by atomic mass is 79.9. The van der Waals surface area contributed by atoms with Crippen LogP contribution in [0.3, 0.4) is 0 Å². The third-order valence-electron chi connectivity index (χ3n) is 2.54. The maximum Gasteiger partial charge on any atom is 0.241 e. The summed E-state index contributed by atoms with van der Waals surface area (Å²) in [6.45, 7) is 0. The third kappa shape index (κ3) is 1.85. The van der Waals surface area contributed by atoms with Gasteiger partial charge in [0, 0.05) is 10.0 Å². The van der Waals surface area contributed by atoms with Gasteiger partial charge in [-0.15, -0.1) is 0 Å². The Balaban J connectivity index is 2.23. The van der Waals surface area contributed by atoms with E-state index in [2.05, 4.69) is 26.0 Å². The van der Waals surface area contributed by atoms with Crippen LogP contribution in [0.2, 0.25) is 5.15 Å². The smallest absolute Gasteiger partial charge is 0.241 e. The average molecular weight is 325 g/mol. The Kier molecular flexibility index (Phi) is 2.72. The van der Waals surface area contributed by atoms with Crippen LogP contribution in [0.4, 0.5) is 0 Å². The van der Waals surface area contributed by atoms with Gasteiger partial charge in [0.1, 0.15) is 10.8 Å². The largest absolute Gasteiger partial charge is 0.492 e. The van der Waals surface area contributed by atoms with Crippen LogP contribution in [0.15, 0.2) is 40.9 Å². The molecule has 0 bridgehead atoms. The quantitative estimate of drug-likeness (QED) is 0.745. The minimum atomic E-state index is -0.0187. The summed E-state index contributed by atoms with van der Waals surface area (Å²) in [5.74, 6) is -0.0187. The molecule has 0 fully saturated rings. The molecule has 0 spiro atoms. The minimum Gasteiger partial charge on any atom is -0.492 e. The molecule has 1 aromatic carbocycles. The summed E-state index contributed by atoms with van der Waals surface area (Å²) in [5.41, 5.74) is 1.85. The van der Waals surface area contributed by atoms with Gasteiger partial charge in [0.15, 0.2) is 5.65 Å². The number of halogens is 2. The topological polar surface area (TPSA) is 50.4 Å². The minimum absolute atomic E-state index is 0.0187. The van der Waals surface area contributed by atoms with E-state index in [9.17, 15) is 5.11 Å². The van der Waals surface area contributed by atoms with E-state index in [-0.39, 0.29) is 5.88 Å². The zero-order valence-electron chi connectivity index (χ0n) is 9.01. The molecule has 0 unspecified atom stereocenters. The van der Waals surface area contributed by atoms with Crippen LogP contribution in [0.5, 0.6) is 5.88 Å². The summed E-state index contributed by atoms with van der Waals surface area (Å²) < 4.78 is 2.29. The molecule has 0 aliphatic heterocycles. The Bertz CT molecular complexity index is 724. The standard InChI is InChI=1S/C12H7BrClN3O/c13-8-3-1-7(2-4-8)11-12(18)17-10(15-11)6-5-9(14)16-17/h1-6,18H. The van der Waals surface area contributed by atoms with Crippen molar-refractivity contribution in [3.8, 4) is 17.1 Å². The molecule has 18 heavy (non-hydrogen) atoms. The molecule has 2 heterocycles. The van der Waals surface area contributed by atoms with Crippen LogP contribution in [0, 0.1) is 0 Å². The first-order valence-corrected chi connectivity index (χ1v) is 6.32. The molecule has 4 nitrogen and oxygen atoms in total. The zero-order chi connectivity index (χ0) is 12.7. The van der Waals surface area contributed by atoms with Crippen LogP contribution < -0.4 is 0 Å². The summed E-state index contributed by atoms with van der Waals surface area (Å²) in [6.07, 6.45) is 0. The molecule has 6 heteroatoms. The molecular formula is C12H7BrClN3O. The van der Waals surface area contributed by atoms with Crippen LogP contribution >= 0.6 is 27.5 Å². The Morgan fingerprint density at radius 3 is 2.56 bits per heavy atom. The van der Waals surface area contributed by atoms with E-state index < -0.39 is 0 Å². The number of nitrogens with zero attached hydrogens (tertiary/aromatic N) is 3. The number of rotatable bonds is 1. The van der Waals surface area contributed by atoms with Crippen molar-refractivity contribution in [2.75, 3.05) is 0 Å². The lowest BCUT2D eigenvalue weighted by molar-refractivity contribution is 0.441. The first kappa shape index (κ1) is 11.5. The van der Waals surface area contributed by atoms with Gasteiger partial charge in [-0.2, -0.15) is 9.61 Å². The van der Waals surface area contributed by atoms with E-state index >= 15 is 0 Å². The maximum absolute atomic E-state index is 10.1. The second-order valence-electron chi connectivity index (χ2n) is 3.72. The van der Waals surface area contributed by atoms with Gasteiger partial charge >= 0.3 is 0 Å². The predicted molar refractivity (Wildman–Crippen MR) is 72.8 cm³/mol. The molecule has 0 aliphatic rings. The van der Waals surface area contributed by atoms with Gasteiger partial charge in [-0.05, 0) is 24.3 Å². The number of aromatic hydroxyl groups is 1. The van der Waals surface area contributed by atoms with Gasteiger partial charge in [0.25, 0.3) is 0 Å². The third-order valence-corrected chi connectivity index (χ3v) is 3.27. The molecule has 0 saturated heterocycles. The van der Waals surface area contributed by atoms with Crippen molar-refractivity contribution in [1.82, 2.24) is 14.6 Å². The molecule has 90 valence electrons. The molecule has 0 aliphatic carbocycles. The summed E-state index contributed by atoms with van der Waals surface area (Å²) >= 11 is 9.15. The van der Waals surface area contributed by atoms with Crippen LogP contribution in [0.1, 0.15) is 0 Å². The van der Waals surface area contributed by atoms with Crippen molar-refractivity contribution in [2.24, 2.45) is 0 Å². The number of benzene rings is 1. The van der Waals surface area contributed by atoms with Crippen molar-refractivity contribution in [1.29, 1.82) is 0 Å². The lowest BCUT2D eigenvalue weighted by atomic mass is 10.2. The molecule has 0 saturated carbocycles. The first-order valence-electron chi connectivity index (χ1n) is 5.15. The fourth-order valence-electron chi connectivity index (χ4n) is 1.70. The van der Waals surface area contributed by atoms with Gasteiger partial charge in [-0.1, -0.05) is 39.7 Å². The Hall–Kier alpha value is -1.59. The first-order chi connectivity index (χ1) is 8.65. The number of hydrogen-bond donors (Lipinski definition) is 1. The highest BCUT2D eigenvalue weighted by molar-refractivity contribution is 9.10. The summed E-state index contributed by atoms with van der Waals surface area (Å²) in [7, 11) is 0. The molecular weight excluding hydrogens is 318 g/mol. The summed E-state index contributed by atoms with van der Waals surface area (Å²) in [4.78, 5) is 4.33. The van der Waals surface area contributed by atoms with E-state index in [4.69, 9.17) is 11.6 Å². The Morgan fingerprint density at radius 2 is 1.83 bits per heavy atom. The molecule has 1 N–H and O–H groups in total. The van der Waals surface area contributed by atoms with Crippen molar-refractivity contribution in [3.63, 3.8) is 0 Å². The molecule has 3 rings (SSSR count).